The molecule has 1 aromatic heterocycles. The van der Waals surface area contributed by atoms with Crippen LogP contribution in [0.5, 0.6) is 0 Å². The minimum Gasteiger partial charge on any atom is -0.349 e. The van der Waals surface area contributed by atoms with Gasteiger partial charge in [-0.1, -0.05) is 26.2 Å². The van der Waals surface area contributed by atoms with Crippen LogP contribution in [-0.2, 0) is 0 Å². The molecule has 1 N–H and O–H groups in total. The largest absolute Gasteiger partial charge is 0.349 e. The number of nitrogens with zero attached hydrogens (tertiary/aromatic N) is 3. The SMILES string of the molecule is CCCCCC(C)(C)Nc1nc(Br)nc(Br)n1. The lowest BCUT2D eigenvalue weighted by Crippen LogP contribution is -2.31. The first-order valence-corrected chi connectivity index (χ1v) is 7.37. The van der Waals surface area contributed by atoms with Crippen LogP contribution in [0, 0.1) is 0 Å². The van der Waals surface area contributed by atoms with Crippen LogP contribution in [0.4, 0.5) is 5.95 Å². The zero-order valence-corrected chi connectivity index (χ0v) is 13.6. The van der Waals surface area contributed by atoms with Crippen LogP contribution < -0.4 is 5.32 Å². The number of unbranched alkanes of at least 4 members (excludes halogenated alkanes) is 2. The molecule has 0 aromatic carbocycles. The summed E-state index contributed by atoms with van der Waals surface area (Å²) in [7, 11) is 0. The highest BCUT2D eigenvalue weighted by molar-refractivity contribution is 9.11. The molecule has 96 valence electrons. The summed E-state index contributed by atoms with van der Waals surface area (Å²) in [5.74, 6) is 0.597. The molecule has 0 radical (unpaired) electrons. The summed E-state index contributed by atoms with van der Waals surface area (Å²) in [4.78, 5) is 12.4. The lowest BCUT2D eigenvalue weighted by atomic mass is 9.97. The van der Waals surface area contributed by atoms with E-state index in [4.69, 9.17) is 0 Å². The third-order valence-electron chi connectivity index (χ3n) is 2.44. The summed E-state index contributed by atoms with van der Waals surface area (Å²) < 4.78 is 1.07. The fourth-order valence-corrected chi connectivity index (χ4v) is 2.47. The van der Waals surface area contributed by atoms with Gasteiger partial charge in [0, 0.05) is 5.54 Å². The van der Waals surface area contributed by atoms with Gasteiger partial charge in [-0.25, -0.2) is 0 Å². The van der Waals surface area contributed by atoms with E-state index in [-0.39, 0.29) is 5.54 Å². The second kappa shape index (κ2) is 6.64. The first-order valence-electron chi connectivity index (χ1n) is 5.78. The van der Waals surface area contributed by atoms with Crippen molar-refractivity contribution in [1.82, 2.24) is 15.0 Å². The van der Waals surface area contributed by atoms with Gasteiger partial charge >= 0.3 is 0 Å². The van der Waals surface area contributed by atoms with E-state index in [0.29, 0.717) is 15.4 Å². The second-order valence-electron chi connectivity index (χ2n) is 4.66. The first kappa shape index (κ1) is 14.8. The Morgan fingerprint density at radius 1 is 1.06 bits per heavy atom. The van der Waals surface area contributed by atoms with Gasteiger partial charge in [-0.3, -0.25) is 0 Å². The van der Waals surface area contributed by atoms with E-state index in [1.807, 2.05) is 0 Å². The van der Waals surface area contributed by atoms with Gasteiger partial charge in [0.15, 0.2) is 0 Å². The molecular weight excluding hydrogens is 348 g/mol. The highest BCUT2D eigenvalue weighted by atomic mass is 79.9. The van der Waals surface area contributed by atoms with E-state index in [1.54, 1.807) is 0 Å². The maximum atomic E-state index is 4.20. The molecule has 0 amide bonds. The minimum absolute atomic E-state index is 0.00456. The quantitative estimate of drug-likeness (QED) is 0.768. The smallest absolute Gasteiger partial charge is 0.228 e. The Morgan fingerprint density at radius 2 is 1.65 bits per heavy atom. The van der Waals surface area contributed by atoms with E-state index < -0.39 is 0 Å². The maximum absolute atomic E-state index is 4.20. The third kappa shape index (κ3) is 5.77. The molecule has 0 bridgehead atoms. The first-order chi connectivity index (χ1) is 7.93. The Morgan fingerprint density at radius 3 is 2.18 bits per heavy atom. The molecule has 6 heteroatoms. The van der Waals surface area contributed by atoms with Gasteiger partial charge in [-0.15, -0.1) is 0 Å². The van der Waals surface area contributed by atoms with Crippen molar-refractivity contribution in [2.24, 2.45) is 0 Å². The number of hydrogen-bond acceptors (Lipinski definition) is 4. The molecule has 1 rings (SSSR count). The lowest BCUT2D eigenvalue weighted by molar-refractivity contribution is 0.479. The Kier molecular flexibility index (Phi) is 5.79. The zero-order valence-electron chi connectivity index (χ0n) is 10.4. The van der Waals surface area contributed by atoms with Crippen molar-refractivity contribution in [2.75, 3.05) is 5.32 Å². The predicted octanol–water partition coefficient (Wildman–Crippen LogP) is 4.17. The maximum Gasteiger partial charge on any atom is 0.228 e. The van der Waals surface area contributed by atoms with Gasteiger partial charge in [-0.05, 0) is 52.1 Å². The normalized spacial score (nSPS) is 11.6. The minimum atomic E-state index is -0.00456. The van der Waals surface area contributed by atoms with Crippen molar-refractivity contribution >= 4 is 37.8 Å². The summed E-state index contributed by atoms with van der Waals surface area (Å²) in [6.07, 6.45) is 4.81. The molecule has 1 aromatic rings. The van der Waals surface area contributed by atoms with Crippen LogP contribution >= 0.6 is 31.9 Å². The fraction of sp³-hybridized carbons (Fsp3) is 0.727. The van der Waals surface area contributed by atoms with E-state index >= 15 is 0 Å². The number of nitrogens with one attached hydrogen (secondary N) is 1. The fourth-order valence-electron chi connectivity index (χ4n) is 1.56. The van der Waals surface area contributed by atoms with E-state index in [0.717, 1.165) is 6.42 Å². The Balaban J connectivity index is 2.62. The van der Waals surface area contributed by atoms with Gasteiger partial charge in [0.05, 0.1) is 0 Å². The van der Waals surface area contributed by atoms with Crippen LogP contribution in [-0.4, -0.2) is 20.5 Å². The van der Waals surface area contributed by atoms with Gasteiger partial charge in [0.25, 0.3) is 0 Å². The molecule has 0 aliphatic rings. The van der Waals surface area contributed by atoms with Crippen LogP contribution in [0.25, 0.3) is 0 Å². The predicted molar refractivity (Wildman–Crippen MR) is 77.1 cm³/mol. The van der Waals surface area contributed by atoms with E-state index in [2.05, 4.69) is 72.9 Å². The molecule has 0 fully saturated rings. The van der Waals surface area contributed by atoms with Gasteiger partial charge in [0.2, 0.25) is 15.4 Å². The molecule has 0 unspecified atom stereocenters. The molecule has 0 spiro atoms. The monoisotopic (exact) mass is 364 g/mol. The third-order valence-corrected chi connectivity index (χ3v) is 3.15. The van der Waals surface area contributed by atoms with Crippen LogP contribution in [0.2, 0.25) is 0 Å². The molecule has 0 aliphatic heterocycles. The number of halogens is 2. The van der Waals surface area contributed by atoms with Crippen molar-refractivity contribution < 1.29 is 0 Å². The summed E-state index contributed by atoms with van der Waals surface area (Å²) in [5, 5.41) is 3.34. The molecule has 0 aliphatic carbocycles. The Labute approximate surface area is 119 Å². The molecule has 0 saturated heterocycles. The summed E-state index contributed by atoms with van der Waals surface area (Å²) >= 11 is 6.50. The molecular formula is C11H18Br2N4. The molecule has 1 heterocycles. The number of anilines is 1. The Bertz CT molecular complexity index is 348. The van der Waals surface area contributed by atoms with Crippen molar-refractivity contribution in [2.45, 2.75) is 52.0 Å². The second-order valence-corrected chi connectivity index (χ2v) is 6.08. The summed E-state index contributed by atoms with van der Waals surface area (Å²) in [6.45, 7) is 6.53. The summed E-state index contributed by atoms with van der Waals surface area (Å²) in [5.41, 5.74) is -0.00456. The van der Waals surface area contributed by atoms with Crippen LogP contribution in [0.15, 0.2) is 9.47 Å². The highest BCUT2D eigenvalue weighted by Crippen LogP contribution is 2.20. The molecule has 0 saturated carbocycles. The molecule has 0 atom stereocenters. The van der Waals surface area contributed by atoms with Gasteiger partial charge in [0.1, 0.15) is 0 Å². The average molecular weight is 366 g/mol. The van der Waals surface area contributed by atoms with E-state index in [9.17, 15) is 0 Å². The number of rotatable bonds is 6. The highest BCUT2D eigenvalue weighted by Gasteiger charge is 2.18. The zero-order chi connectivity index (χ0) is 12.9. The lowest BCUT2D eigenvalue weighted by Gasteiger charge is -2.26. The van der Waals surface area contributed by atoms with Crippen molar-refractivity contribution in [3.05, 3.63) is 9.47 Å². The topological polar surface area (TPSA) is 50.7 Å². The van der Waals surface area contributed by atoms with Crippen molar-refractivity contribution in [1.29, 1.82) is 0 Å². The van der Waals surface area contributed by atoms with Gasteiger partial charge in [-0.2, -0.15) is 15.0 Å². The van der Waals surface area contributed by atoms with Gasteiger partial charge < -0.3 is 5.32 Å². The molecule has 17 heavy (non-hydrogen) atoms. The number of hydrogen-bond donors (Lipinski definition) is 1. The Hall–Kier alpha value is -0.230. The standard InChI is InChI=1S/C11H18Br2N4/c1-4-5-6-7-11(2,3)17-10-15-8(12)14-9(13)16-10/h4-7H2,1-3H3,(H,14,15,16,17). The average Bonchev–Trinajstić information content (AvgIpc) is 2.14. The number of aromatic nitrogens is 3. The van der Waals surface area contributed by atoms with Crippen molar-refractivity contribution in [3.63, 3.8) is 0 Å². The van der Waals surface area contributed by atoms with Crippen molar-refractivity contribution in [3.8, 4) is 0 Å². The van der Waals surface area contributed by atoms with E-state index in [1.165, 1.54) is 19.3 Å². The van der Waals surface area contributed by atoms with Crippen LogP contribution in [0.3, 0.4) is 0 Å². The summed E-state index contributed by atoms with van der Waals surface area (Å²) in [6, 6.07) is 0. The van der Waals surface area contributed by atoms with Crippen LogP contribution in [0.1, 0.15) is 46.5 Å². The molecule has 4 nitrogen and oxygen atoms in total.